The van der Waals surface area contributed by atoms with Crippen molar-refractivity contribution in [3.8, 4) is 0 Å². The van der Waals surface area contributed by atoms with E-state index < -0.39 is 0 Å². The standard InChI is InChI=1S/C16H20Cl2N6O/c1-10(25)19-6-7-20-15-14(24(2)3)9-21-16(23-15)22-11-4-5-12(17)13(18)8-11/h4-5,8-9H,6-7H2,1-3H3,(H,19,25)(H2,20,21,22,23). The van der Waals surface area contributed by atoms with Gasteiger partial charge in [-0.25, -0.2) is 4.98 Å². The highest BCUT2D eigenvalue weighted by Crippen LogP contribution is 2.27. The number of nitrogens with one attached hydrogen (secondary N) is 3. The van der Waals surface area contributed by atoms with Crippen LogP contribution in [0.25, 0.3) is 0 Å². The number of anilines is 4. The van der Waals surface area contributed by atoms with Crippen LogP contribution in [0.15, 0.2) is 24.4 Å². The molecular formula is C16H20Cl2N6O. The minimum atomic E-state index is -0.0701. The van der Waals surface area contributed by atoms with E-state index in [4.69, 9.17) is 23.2 Å². The van der Waals surface area contributed by atoms with Crippen LogP contribution in [0.2, 0.25) is 10.0 Å². The molecule has 1 aromatic carbocycles. The second-order valence-electron chi connectivity index (χ2n) is 5.49. The van der Waals surface area contributed by atoms with Crippen LogP contribution in [0.3, 0.4) is 0 Å². The molecule has 0 aliphatic rings. The van der Waals surface area contributed by atoms with Crippen molar-refractivity contribution in [1.29, 1.82) is 0 Å². The van der Waals surface area contributed by atoms with E-state index in [0.717, 1.165) is 11.4 Å². The monoisotopic (exact) mass is 382 g/mol. The first-order valence-electron chi connectivity index (χ1n) is 7.61. The molecule has 1 amide bonds. The van der Waals surface area contributed by atoms with Crippen LogP contribution < -0.4 is 20.9 Å². The highest BCUT2D eigenvalue weighted by atomic mass is 35.5. The van der Waals surface area contributed by atoms with E-state index in [1.54, 1.807) is 24.4 Å². The van der Waals surface area contributed by atoms with Gasteiger partial charge in [0.2, 0.25) is 11.9 Å². The number of hydrogen-bond donors (Lipinski definition) is 3. The molecule has 0 unspecified atom stereocenters. The fourth-order valence-corrected chi connectivity index (χ4v) is 2.31. The van der Waals surface area contributed by atoms with Gasteiger partial charge in [0, 0.05) is 39.8 Å². The predicted molar refractivity (Wildman–Crippen MR) is 103 cm³/mol. The molecule has 3 N–H and O–H groups in total. The maximum atomic E-state index is 10.9. The summed E-state index contributed by atoms with van der Waals surface area (Å²) in [6.07, 6.45) is 1.72. The van der Waals surface area contributed by atoms with Crippen LogP contribution in [-0.2, 0) is 4.79 Å². The first kappa shape index (κ1) is 19.1. The molecule has 0 saturated carbocycles. The molecule has 134 valence electrons. The van der Waals surface area contributed by atoms with E-state index in [1.807, 2.05) is 19.0 Å². The first-order chi connectivity index (χ1) is 11.9. The fourth-order valence-electron chi connectivity index (χ4n) is 2.02. The van der Waals surface area contributed by atoms with E-state index in [-0.39, 0.29) is 5.91 Å². The van der Waals surface area contributed by atoms with Gasteiger partial charge < -0.3 is 20.9 Å². The number of benzene rings is 1. The number of aromatic nitrogens is 2. The Labute approximate surface area is 156 Å². The Bertz CT molecular complexity index is 753. The summed E-state index contributed by atoms with van der Waals surface area (Å²) in [5.41, 5.74) is 1.57. The summed E-state index contributed by atoms with van der Waals surface area (Å²) in [6, 6.07) is 5.20. The third-order valence-corrected chi connectivity index (χ3v) is 3.96. The Balaban J connectivity index is 2.14. The smallest absolute Gasteiger partial charge is 0.229 e. The van der Waals surface area contributed by atoms with Gasteiger partial charge >= 0.3 is 0 Å². The summed E-state index contributed by atoms with van der Waals surface area (Å²) in [7, 11) is 3.81. The molecule has 2 aromatic rings. The minimum absolute atomic E-state index is 0.0701. The SMILES string of the molecule is CC(=O)NCCNc1nc(Nc2ccc(Cl)c(Cl)c2)ncc1N(C)C. The zero-order valence-electron chi connectivity index (χ0n) is 14.2. The lowest BCUT2D eigenvalue weighted by Crippen LogP contribution is -2.27. The third kappa shape index (κ3) is 5.65. The molecule has 1 heterocycles. The predicted octanol–water partition coefficient (Wildman–Crippen LogP) is 3.14. The van der Waals surface area contributed by atoms with Gasteiger partial charge in [0.15, 0.2) is 5.82 Å². The number of carbonyl (C=O) groups is 1. The zero-order chi connectivity index (χ0) is 18.4. The molecule has 25 heavy (non-hydrogen) atoms. The molecule has 0 aliphatic heterocycles. The lowest BCUT2D eigenvalue weighted by Gasteiger charge is -2.18. The van der Waals surface area contributed by atoms with Gasteiger partial charge in [-0.1, -0.05) is 23.2 Å². The summed E-state index contributed by atoms with van der Waals surface area (Å²) in [4.78, 5) is 21.7. The lowest BCUT2D eigenvalue weighted by atomic mass is 10.3. The van der Waals surface area contributed by atoms with Gasteiger partial charge in [-0.2, -0.15) is 4.98 Å². The Kier molecular flexibility index (Phi) is 6.66. The topological polar surface area (TPSA) is 82.2 Å². The number of hydrogen-bond acceptors (Lipinski definition) is 6. The molecule has 0 saturated heterocycles. The van der Waals surface area contributed by atoms with Crippen molar-refractivity contribution in [1.82, 2.24) is 15.3 Å². The van der Waals surface area contributed by atoms with Gasteiger partial charge in [-0.05, 0) is 18.2 Å². The van der Waals surface area contributed by atoms with E-state index >= 15 is 0 Å². The summed E-state index contributed by atoms with van der Waals surface area (Å²) in [6.45, 7) is 2.53. The molecule has 0 spiro atoms. The Morgan fingerprint density at radius 1 is 1.20 bits per heavy atom. The number of amides is 1. The molecule has 0 bridgehead atoms. The number of carbonyl (C=O) groups excluding carboxylic acids is 1. The average Bonchev–Trinajstić information content (AvgIpc) is 2.55. The first-order valence-corrected chi connectivity index (χ1v) is 8.37. The normalized spacial score (nSPS) is 10.3. The highest BCUT2D eigenvalue weighted by Gasteiger charge is 2.10. The van der Waals surface area contributed by atoms with Gasteiger partial charge in [0.05, 0.1) is 21.9 Å². The van der Waals surface area contributed by atoms with Crippen molar-refractivity contribution in [2.75, 3.05) is 42.7 Å². The molecule has 0 aliphatic carbocycles. The minimum Gasteiger partial charge on any atom is -0.373 e. The number of halogens is 2. The number of rotatable bonds is 7. The van der Waals surface area contributed by atoms with Gasteiger partial charge in [-0.15, -0.1) is 0 Å². The fraction of sp³-hybridized carbons (Fsp3) is 0.312. The van der Waals surface area contributed by atoms with E-state index in [9.17, 15) is 4.79 Å². The molecule has 2 rings (SSSR count). The molecule has 7 nitrogen and oxygen atoms in total. The summed E-state index contributed by atoms with van der Waals surface area (Å²) in [5.74, 6) is 1.01. The van der Waals surface area contributed by atoms with Crippen molar-refractivity contribution in [2.45, 2.75) is 6.92 Å². The summed E-state index contributed by atoms with van der Waals surface area (Å²) < 4.78 is 0. The molecule has 0 atom stereocenters. The Morgan fingerprint density at radius 2 is 1.96 bits per heavy atom. The van der Waals surface area contributed by atoms with Gasteiger partial charge in [-0.3, -0.25) is 4.79 Å². The highest BCUT2D eigenvalue weighted by molar-refractivity contribution is 6.42. The van der Waals surface area contributed by atoms with E-state index in [2.05, 4.69) is 25.9 Å². The second kappa shape index (κ2) is 8.73. The lowest BCUT2D eigenvalue weighted by molar-refractivity contribution is -0.118. The largest absolute Gasteiger partial charge is 0.373 e. The van der Waals surface area contributed by atoms with Crippen molar-refractivity contribution in [3.63, 3.8) is 0 Å². The summed E-state index contributed by atoms with van der Waals surface area (Å²) in [5, 5.41) is 9.96. The zero-order valence-corrected chi connectivity index (χ0v) is 15.7. The maximum absolute atomic E-state index is 10.9. The van der Waals surface area contributed by atoms with Crippen molar-refractivity contribution in [3.05, 3.63) is 34.4 Å². The number of nitrogens with zero attached hydrogens (tertiary/aromatic N) is 3. The van der Waals surface area contributed by atoms with Crippen LogP contribution in [0.4, 0.5) is 23.1 Å². The Morgan fingerprint density at radius 3 is 2.60 bits per heavy atom. The van der Waals surface area contributed by atoms with Gasteiger partial charge in [0.1, 0.15) is 0 Å². The molecule has 0 radical (unpaired) electrons. The van der Waals surface area contributed by atoms with Crippen LogP contribution >= 0.6 is 23.2 Å². The molecular weight excluding hydrogens is 363 g/mol. The van der Waals surface area contributed by atoms with Crippen molar-refractivity contribution in [2.24, 2.45) is 0 Å². The van der Waals surface area contributed by atoms with E-state index in [0.29, 0.717) is 34.9 Å². The van der Waals surface area contributed by atoms with Crippen molar-refractivity contribution >= 4 is 52.3 Å². The average molecular weight is 383 g/mol. The Hall–Kier alpha value is -2.25. The molecule has 9 heteroatoms. The molecule has 1 aromatic heterocycles. The van der Waals surface area contributed by atoms with Crippen molar-refractivity contribution < 1.29 is 4.79 Å². The van der Waals surface area contributed by atoms with Crippen LogP contribution in [0.5, 0.6) is 0 Å². The second-order valence-corrected chi connectivity index (χ2v) is 6.30. The maximum Gasteiger partial charge on any atom is 0.229 e. The third-order valence-electron chi connectivity index (χ3n) is 3.22. The summed E-state index contributed by atoms with van der Waals surface area (Å²) >= 11 is 11.9. The molecule has 0 fully saturated rings. The van der Waals surface area contributed by atoms with E-state index in [1.165, 1.54) is 6.92 Å². The van der Waals surface area contributed by atoms with Crippen LogP contribution in [0, 0.1) is 0 Å². The van der Waals surface area contributed by atoms with Crippen LogP contribution in [-0.4, -0.2) is 43.1 Å². The van der Waals surface area contributed by atoms with Crippen LogP contribution in [0.1, 0.15) is 6.92 Å². The van der Waals surface area contributed by atoms with Gasteiger partial charge in [0.25, 0.3) is 0 Å². The quantitative estimate of drug-likeness (QED) is 0.638.